The van der Waals surface area contributed by atoms with Crippen LogP contribution in [0.25, 0.3) is 0 Å². The van der Waals surface area contributed by atoms with E-state index in [0.29, 0.717) is 13.2 Å². The molecule has 200 valence electrons. The standard InChI is InChI=1S/C30H56O4/c1-3-5-7-9-11-12-13-14-16-18-22-26-34-30(32)28-24-20-19-23-27(28)29(31)33-25-21-17-15-10-8-6-4-2/h27-28H,3-26H2,1-2H3. The first-order chi connectivity index (χ1) is 16.7. The predicted octanol–water partition coefficient (Wildman–Crippen LogP) is 8.94. The number of esters is 2. The van der Waals surface area contributed by atoms with Crippen LogP contribution in [0.3, 0.4) is 0 Å². The van der Waals surface area contributed by atoms with E-state index < -0.39 is 0 Å². The van der Waals surface area contributed by atoms with Gasteiger partial charge in [-0.25, -0.2) is 0 Å². The zero-order valence-electron chi connectivity index (χ0n) is 22.8. The van der Waals surface area contributed by atoms with Crippen LogP contribution >= 0.6 is 0 Å². The maximum atomic E-state index is 12.7. The van der Waals surface area contributed by atoms with Crippen LogP contribution in [0, 0.1) is 11.8 Å². The van der Waals surface area contributed by atoms with Crippen LogP contribution in [0.5, 0.6) is 0 Å². The molecule has 0 bridgehead atoms. The first-order valence-electron chi connectivity index (χ1n) is 15.0. The molecule has 0 N–H and O–H groups in total. The molecular weight excluding hydrogens is 424 g/mol. The maximum Gasteiger partial charge on any atom is 0.309 e. The predicted molar refractivity (Wildman–Crippen MR) is 142 cm³/mol. The van der Waals surface area contributed by atoms with E-state index in [1.54, 1.807) is 0 Å². The minimum Gasteiger partial charge on any atom is -0.465 e. The van der Waals surface area contributed by atoms with Gasteiger partial charge in [0.15, 0.2) is 0 Å². The highest BCUT2D eigenvalue weighted by Gasteiger charge is 2.37. The number of ether oxygens (including phenoxy) is 2. The Morgan fingerprint density at radius 2 is 0.794 bits per heavy atom. The summed E-state index contributed by atoms with van der Waals surface area (Å²) in [6.45, 7) is 5.47. The van der Waals surface area contributed by atoms with Crippen LogP contribution in [0.4, 0.5) is 0 Å². The molecule has 2 unspecified atom stereocenters. The van der Waals surface area contributed by atoms with Gasteiger partial charge >= 0.3 is 11.9 Å². The van der Waals surface area contributed by atoms with E-state index in [-0.39, 0.29) is 23.8 Å². The molecule has 0 aromatic carbocycles. The third kappa shape index (κ3) is 15.8. The van der Waals surface area contributed by atoms with Gasteiger partial charge in [0, 0.05) is 0 Å². The van der Waals surface area contributed by atoms with Gasteiger partial charge in [0.1, 0.15) is 0 Å². The van der Waals surface area contributed by atoms with Gasteiger partial charge in [0.05, 0.1) is 25.0 Å². The SMILES string of the molecule is CCCCCCCCCCCCCOC(=O)C1CCCCC1C(=O)OCCCCCCCCC. The van der Waals surface area contributed by atoms with E-state index >= 15 is 0 Å². The van der Waals surface area contributed by atoms with E-state index in [0.717, 1.165) is 51.4 Å². The largest absolute Gasteiger partial charge is 0.465 e. The summed E-state index contributed by atoms with van der Waals surface area (Å²) in [7, 11) is 0. The molecule has 1 aliphatic carbocycles. The van der Waals surface area contributed by atoms with E-state index in [2.05, 4.69) is 13.8 Å². The van der Waals surface area contributed by atoms with Crippen molar-refractivity contribution in [3.05, 3.63) is 0 Å². The summed E-state index contributed by atoms with van der Waals surface area (Å²) < 4.78 is 11.1. The second-order valence-electron chi connectivity index (χ2n) is 10.5. The van der Waals surface area contributed by atoms with Crippen molar-refractivity contribution >= 4 is 11.9 Å². The Kier molecular flexibility index (Phi) is 20.4. The lowest BCUT2D eigenvalue weighted by atomic mass is 9.79. The number of rotatable bonds is 22. The van der Waals surface area contributed by atoms with Gasteiger partial charge in [0.25, 0.3) is 0 Å². The number of hydrogen-bond acceptors (Lipinski definition) is 4. The quantitative estimate of drug-likeness (QED) is 0.115. The lowest BCUT2D eigenvalue weighted by molar-refractivity contribution is -0.163. The second-order valence-corrected chi connectivity index (χ2v) is 10.5. The summed E-state index contributed by atoms with van der Waals surface area (Å²) >= 11 is 0. The number of hydrogen-bond donors (Lipinski definition) is 0. The van der Waals surface area contributed by atoms with E-state index in [1.807, 2.05) is 0 Å². The van der Waals surface area contributed by atoms with Crippen molar-refractivity contribution in [1.82, 2.24) is 0 Å². The van der Waals surface area contributed by atoms with E-state index in [4.69, 9.17) is 9.47 Å². The molecule has 0 spiro atoms. The Balaban J connectivity index is 2.10. The third-order valence-electron chi connectivity index (χ3n) is 7.36. The molecule has 4 heteroatoms. The van der Waals surface area contributed by atoms with Crippen molar-refractivity contribution in [2.75, 3.05) is 13.2 Å². The lowest BCUT2D eigenvalue weighted by Gasteiger charge is -2.28. The summed E-state index contributed by atoms with van der Waals surface area (Å²) in [5, 5.41) is 0. The fourth-order valence-electron chi connectivity index (χ4n) is 5.08. The molecule has 1 fully saturated rings. The van der Waals surface area contributed by atoms with Crippen molar-refractivity contribution in [3.63, 3.8) is 0 Å². The van der Waals surface area contributed by atoms with Gasteiger partial charge < -0.3 is 9.47 Å². The molecule has 0 aliphatic heterocycles. The first-order valence-corrected chi connectivity index (χ1v) is 15.0. The number of unbranched alkanes of at least 4 members (excludes halogenated alkanes) is 16. The molecule has 0 radical (unpaired) electrons. The van der Waals surface area contributed by atoms with Crippen LogP contribution in [0.15, 0.2) is 0 Å². The van der Waals surface area contributed by atoms with Gasteiger partial charge in [-0.15, -0.1) is 0 Å². The zero-order chi connectivity index (χ0) is 24.7. The average molecular weight is 481 g/mol. The molecule has 34 heavy (non-hydrogen) atoms. The Morgan fingerprint density at radius 1 is 0.500 bits per heavy atom. The Hall–Kier alpha value is -1.06. The fraction of sp³-hybridized carbons (Fsp3) is 0.933. The summed E-state index contributed by atoms with van der Waals surface area (Å²) in [5.74, 6) is -0.960. The molecule has 0 saturated heterocycles. The monoisotopic (exact) mass is 480 g/mol. The van der Waals surface area contributed by atoms with Crippen LogP contribution in [-0.4, -0.2) is 25.2 Å². The van der Waals surface area contributed by atoms with Crippen LogP contribution in [-0.2, 0) is 19.1 Å². The molecule has 1 saturated carbocycles. The molecular formula is C30H56O4. The second kappa shape index (κ2) is 22.4. The molecule has 2 atom stereocenters. The van der Waals surface area contributed by atoms with Gasteiger partial charge in [-0.05, 0) is 25.7 Å². The first kappa shape index (κ1) is 31.0. The molecule has 1 aliphatic rings. The molecule has 0 aromatic heterocycles. The highest BCUT2D eigenvalue weighted by Crippen LogP contribution is 2.32. The lowest BCUT2D eigenvalue weighted by Crippen LogP contribution is -2.35. The molecule has 4 nitrogen and oxygen atoms in total. The van der Waals surface area contributed by atoms with Crippen molar-refractivity contribution in [2.24, 2.45) is 11.8 Å². The average Bonchev–Trinajstić information content (AvgIpc) is 2.86. The van der Waals surface area contributed by atoms with E-state index in [1.165, 1.54) is 89.9 Å². The molecule has 1 rings (SSSR count). The molecule has 0 aromatic rings. The summed E-state index contributed by atoms with van der Waals surface area (Å²) in [6, 6.07) is 0. The Morgan fingerprint density at radius 3 is 1.12 bits per heavy atom. The van der Waals surface area contributed by atoms with Crippen molar-refractivity contribution < 1.29 is 19.1 Å². The third-order valence-corrected chi connectivity index (χ3v) is 7.36. The van der Waals surface area contributed by atoms with Crippen molar-refractivity contribution in [1.29, 1.82) is 0 Å². The highest BCUT2D eigenvalue weighted by molar-refractivity contribution is 5.82. The Labute approximate surface area is 211 Å². The fourth-order valence-corrected chi connectivity index (χ4v) is 5.08. The summed E-state index contributed by atoms with van der Waals surface area (Å²) in [5.41, 5.74) is 0. The van der Waals surface area contributed by atoms with Gasteiger partial charge in [0.2, 0.25) is 0 Å². The van der Waals surface area contributed by atoms with Crippen molar-refractivity contribution in [3.8, 4) is 0 Å². The maximum absolute atomic E-state index is 12.7. The van der Waals surface area contributed by atoms with Crippen LogP contribution in [0.2, 0.25) is 0 Å². The molecule has 0 heterocycles. The normalized spacial score (nSPS) is 18.1. The van der Waals surface area contributed by atoms with Crippen molar-refractivity contribution in [2.45, 2.75) is 155 Å². The van der Waals surface area contributed by atoms with Crippen LogP contribution in [0.1, 0.15) is 155 Å². The van der Waals surface area contributed by atoms with Gasteiger partial charge in [-0.3, -0.25) is 9.59 Å². The summed E-state index contributed by atoms with van der Waals surface area (Å²) in [4.78, 5) is 25.3. The number of carbonyl (C=O) groups is 2. The number of carbonyl (C=O) groups excluding carboxylic acids is 2. The van der Waals surface area contributed by atoms with Gasteiger partial charge in [-0.2, -0.15) is 0 Å². The zero-order valence-corrected chi connectivity index (χ0v) is 22.8. The smallest absolute Gasteiger partial charge is 0.309 e. The highest BCUT2D eigenvalue weighted by atomic mass is 16.5. The Bertz CT molecular complexity index is 490. The topological polar surface area (TPSA) is 52.6 Å². The van der Waals surface area contributed by atoms with Crippen LogP contribution < -0.4 is 0 Å². The summed E-state index contributed by atoms with van der Waals surface area (Å²) in [6.07, 6.45) is 26.0. The minimum atomic E-state index is -0.303. The van der Waals surface area contributed by atoms with Gasteiger partial charge in [-0.1, -0.05) is 129 Å². The minimum absolute atomic E-state index is 0.176. The molecule has 0 amide bonds. The van der Waals surface area contributed by atoms with E-state index in [9.17, 15) is 9.59 Å².